The number of Topliss-reactive ketones (excluding diaryl/α,β-unsaturated/α-hetero) is 1. The van der Waals surface area contributed by atoms with Crippen LogP contribution in [0.3, 0.4) is 0 Å². The van der Waals surface area contributed by atoms with Gasteiger partial charge in [0, 0.05) is 16.6 Å². The Morgan fingerprint density at radius 2 is 1.90 bits per heavy atom. The molecule has 0 fully saturated rings. The normalized spacial score (nSPS) is 11.0. The number of hydrogen-bond donors (Lipinski definition) is 1. The van der Waals surface area contributed by atoms with E-state index in [0.29, 0.717) is 22.2 Å². The third-order valence-electron chi connectivity index (χ3n) is 2.86. The molecule has 6 heteroatoms. The Hall–Kier alpha value is -1.10. The monoisotopic (exact) mass is 330 g/mol. The summed E-state index contributed by atoms with van der Waals surface area (Å²) in [5, 5.41) is 3.62. The topological polar surface area (TPSA) is 49.4 Å². The van der Waals surface area contributed by atoms with Crippen molar-refractivity contribution >= 4 is 34.9 Å². The van der Waals surface area contributed by atoms with Gasteiger partial charge in [-0.15, -0.1) is 0 Å². The lowest BCUT2D eigenvalue weighted by Crippen LogP contribution is -2.41. The highest BCUT2D eigenvalue weighted by Gasteiger charge is 2.17. The molecule has 1 amide bonds. The van der Waals surface area contributed by atoms with Crippen molar-refractivity contribution in [3.05, 3.63) is 33.8 Å². The van der Waals surface area contributed by atoms with E-state index in [4.69, 9.17) is 23.2 Å². The minimum absolute atomic E-state index is 0.0811. The number of ketones is 1. The van der Waals surface area contributed by atoms with Crippen LogP contribution in [-0.4, -0.2) is 42.3 Å². The average Bonchev–Trinajstić information content (AvgIpc) is 2.36. The van der Waals surface area contributed by atoms with E-state index in [1.54, 1.807) is 17.0 Å². The Labute approximate surface area is 135 Å². The van der Waals surface area contributed by atoms with Crippen LogP contribution in [0.25, 0.3) is 0 Å². The Balaban J connectivity index is 2.68. The van der Waals surface area contributed by atoms with E-state index in [1.165, 1.54) is 6.07 Å². The van der Waals surface area contributed by atoms with Crippen molar-refractivity contribution in [2.45, 2.75) is 26.8 Å². The van der Waals surface area contributed by atoms with Crippen LogP contribution in [0.1, 0.15) is 31.1 Å². The fourth-order valence-corrected chi connectivity index (χ4v) is 2.37. The molecule has 116 valence electrons. The van der Waals surface area contributed by atoms with Gasteiger partial charge in [0.15, 0.2) is 5.78 Å². The quantitative estimate of drug-likeness (QED) is 0.782. The van der Waals surface area contributed by atoms with Gasteiger partial charge in [0.25, 0.3) is 0 Å². The van der Waals surface area contributed by atoms with Gasteiger partial charge in [0.2, 0.25) is 5.91 Å². The summed E-state index contributed by atoms with van der Waals surface area (Å²) in [6, 6.07) is 4.85. The molecule has 0 saturated carbocycles. The van der Waals surface area contributed by atoms with Crippen LogP contribution >= 0.6 is 23.2 Å². The van der Waals surface area contributed by atoms with E-state index in [2.05, 4.69) is 5.32 Å². The molecule has 1 aromatic carbocycles. The van der Waals surface area contributed by atoms with Gasteiger partial charge in [-0.05, 0) is 38.6 Å². The van der Waals surface area contributed by atoms with E-state index < -0.39 is 0 Å². The number of likely N-dealkylation sites (N-methyl/N-ethyl adjacent to an activating group) is 1. The molecule has 0 radical (unpaired) electrons. The van der Waals surface area contributed by atoms with E-state index in [1.807, 2.05) is 20.8 Å². The van der Waals surface area contributed by atoms with Gasteiger partial charge in [-0.1, -0.05) is 30.1 Å². The molecular formula is C15H20Cl2N2O2. The second-order valence-electron chi connectivity index (χ2n) is 5.07. The Morgan fingerprint density at radius 1 is 1.24 bits per heavy atom. The molecule has 21 heavy (non-hydrogen) atoms. The summed E-state index contributed by atoms with van der Waals surface area (Å²) in [5.74, 6) is -0.224. The van der Waals surface area contributed by atoms with Gasteiger partial charge in [-0.2, -0.15) is 0 Å². The number of nitrogens with zero attached hydrogens (tertiary/aromatic N) is 1. The minimum atomic E-state index is -0.129. The van der Waals surface area contributed by atoms with Crippen LogP contribution < -0.4 is 5.32 Å². The Bertz CT molecular complexity index is 518. The maximum Gasteiger partial charge on any atom is 0.234 e. The number of hydrogen-bond acceptors (Lipinski definition) is 3. The number of halogens is 2. The van der Waals surface area contributed by atoms with Crippen molar-refractivity contribution < 1.29 is 9.59 Å². The standard InChI is InChI=1S/C15H20Cl2N2O2/c1-4-19(9-15(21)18-10(2)3)8-14(20)12-6-5-11(16)7-13(12)17/h5-7,10H,4,8-9H2,1-3H3,(H,18,21). The van der Waals surface area contributed by atoms with E-state index in [9.17, 15) is 9.59 Å². The number of carbonyl (C=O) groups is 2. The number of rotatable bonds is 7. The predicted octanol–water partition coefficient (Wildman–Crippen LogP) is 3.02. The fourth-order valence-electron chi connectivity index (χ4n) is 1.85. The van der Waals surface area contributed by atoms with Crippen LogP contribution in [0.2, 0.25) is 10.0 Å². The smallest absolute Gasteiger partial charge is 0.234 e. The highest BCUT2D eigenvalue weighted by atomic mass is 35.5. The first-order valence-electron chi connectivity index (χ1n) is 6.83. The fraction of sp³-hybridized carbons (Fsp3) is 0.467. The molecule has 1 rings (SSSR count). The molecule has 0 heterocycles. The molecule has 0 atom stereocenters. The summed E-state index contributed by atoms with van der Waals surface area (Å²) in [7, 11) is 0. The Kier molecular flexibility index (Phi) is 7.15. The molecule has 4 nitrogen and oxygen atoms in total. The SMILES string of the molecule is CCN(CC(=O)NC(C)C)CC(=O)c1ccc(Cl)cc1Cl. The lowest BCUT2D eigenvalue weighted by molar-refractivity contribution is -0.122. The third kappa shape index (κ3) is 6.04. The van der Waals surface area contributed by atoms with Crippen molar-refractivity contribution in [1.82, 2.24) is 10.2 Å². The van der Waals surface area contributed by atoms with Crippen molar-refractivity contribution in [2.24, 2.45) is 0 Å². The second-order valence-corrected chi connectivity index (χ2v) is 5.92. The predicted molar refractivity (Wildman–Crippen MR) is 86.2 cm³/mol. The largest absolute Gasteiger partial charge is 0.353 e. The van der Waals surface area contributed by atoms with E-state index >= 15 is 0 Å². The van der Waals surface area contributed by atoms with E-state index in [0.717, 1.165) is 0 Å². The minimum Gasteiger partial charge on any atom is -0.353 e. The van der Waals surface area contributed by atoms with Gasteiger partial charge in [-0.25, -0.2) is 0 Å². The summed E-state index contributed by atoms with van der Waals surface area (Å²) < 4.78 is 0. The van der Waals surface area contributed by atoms with Crippen molar-refractivity contribution in [3.8, 4) is 0 Å². The molecule has 1 aromatic rings. The third-order valence-corrected chi connectivity index (χ3v) is 3.41. The maximum atomic E-state index is 12.2. The van der Waals surface area contributed by atoms with Crippen LogP contribution in [0, 0.1) is 0 Å². The second kappa shape index (κ2) is 8.37. The molecular weight excluding hydrogens is 311 g/mol. The zero-order valence-electron chi connectivity index (χ0n) is 12.5. The first-order valence-corrected chi connectivity index (χ1v) is 7.59. The Morgan fingerprint density at radius 3 is 2.43 bits per heavy atom. The van der Waals surface area contributed by atoms with Crippen molar-refractivity contribution in [2.75, 3.05) is 19.6 Å². The van der Waals surface area contributed by atoms with Gasteiger partial charge in [0.05, 0.1) is 18.1 Å². The molecule has 0 aliphatic rings. The van der Waals surface area contributed by atoms with Crippen LogP contribution in [-0.2, 0) is 4.79 Å². The highest BCUT2D eigenvalue weighted by molar-refractivity contribution is 6.36. The molecule has 0 aliphatic heterocycles. The van der Waals surface area contributed by atoms with Gasteiger partial charge in [-0.3, -0.25) is 14.5 Å². The summed E-state index contributed by atoms with van der Waals surface area (Å²) in [5.41, 5.74) is 0.420. The molecule has 0 spiro atoms. The average molecular weight is 331 g/mol. The van der Waals surface area contributed by atoms with Crippen molar-refractivity contribution in [3.63, 3.8) is 0 Å². The van der Waals surface area contributed by atoms with Gasteiger partial charge >= 0.3 is 0 Å². The number of nitrogens with one attached hydrogen (secondary N) is 1. The summed E-state index contributed by atoms with van der Waals surface area (Å²) in [4.78, 5) is 25.8. The molecule has 0 aliphatic carbocycles. The number of benzene rings is 1. The number of amides is 1. The molecule has 0 bridgehead atoms. The molecule has 1 N–H and O–H groups in total. The maximum absolute atomic E-state index is 12.2. The lowest BCUT2D eigenvalue weighted by Gasteiger charge is -2.20. The molecule has 0 unspecified atom stereocenters. The highest BCUT2D eigenvalue weighted by Crippen LogP contribution is 2.21. The van der Waals surface area contributed by atoms with Crippen LogP contribution in [0.5, 0.6) is 0 Å². The summed E-state index contributed by atoms with van der Waals surface area (Å²) in [6.07, 6.45) is 0. The molecule has 0 saturated heterocycles. The van der Waals surface area contributed by atoms with E-state index in [-0.39, 0.29) is 30.8 Å². The zero-order chi connectivity index (χ0) is 16.0. The summed E-state index contributed by atoms with van der Waals surface area (Å²) >= 11 is 11.8. The lowest BCUT2D eigenvalue weighted by atomic mass is 10.1. The first-order chi connectivity index (χ1) is 9.83. The number of carbonyl (C=O) groups excluding carboxylic acids is 2. The van der Waals surface area contributed by atoms with Gasteiger partial charge < -0.3 is 5.32 Å². The zero-order valence-corrected chi connectivity index (χ0v) is 14.0. The van der Waals surface area contributed by atoms with Crippen LogP contribution in [0.4, 0.5) is 0 Å². The van der Waals surface area contributed by atoms with Crippen LogP contribution in [0.15, 0.2) is 18.2 Å². The van der Waals surface area contributed by atoms with Gasteiger partial charge in [0.1, 0.15) is 0 Å². The first kappa shape index (κ1) is 18.0. The molecule has 0 aromatic heterocycles. The van der Waals surface area contributed by atoms with Crippen molar-refractivity contribution in [1.29, 1.82) is 0 Å². The summed E-state index contributed by atoms with van der Waals surface area (Å²) in [6.45, 7) is 6.62.